The molecule has 0 radical (unpaired) electrons. The van der Waals surface area contributed by atoms with E-state index in [-0.39, 0.29) is 5.41 Å². The maximum absolute atomic E-state index is 5.08. The number of aromatic nitrogens is 4. The average molecular weight is 731 g/mol. The van der Waals surface area contributed by atoms with E-state index < -0.39 is 0 Å². The lowest BCUT2D eigenvalue weighted by Crippen LogP contribution is -2.16. The molecule has 0 fully saturated rings. The van der Waals surface area contributed by atoms with Crippen LogP contribution in [0.4, 0.5) is 0 Å². The van der Waals surface area contributed by atoms with Crippen LogP contribution < -0.4 is 0 Å². The van der Waals surface area contributed by atoms with Crippen LogP contribution in [0.2, 0.25) is 0 Å². The van der Waals surface area contributed by atoms with Crippen molar-refractivity contribution in [3.05, 3.63) is 175 Å². The highest BCUT2D eigenvalue weighted by molar-refractivity contribution is 8.05. The van der Waals surface area contributed by atoms with Gasteiger partial charge in [-0.1, -0.05) is 160 Å². The molecule has 0 unspecified atom stereocenters. The van der Waals surface area contributed by atoms with E-state index in [1.54, 1.807) is 0 Å². The molecule has 10 rings (SSSR count). The second kappa shape index (κ2) is 12.6. The zero-order valence-corrected chi connectivity index (χ0v) is 31.5. The Labute approximate surface area is 323 Å². The van der Waals surface area contributed by atoms with Gasteiger partial charge in [-0.2, -0.15) is 0 Å². The first kappa shape index (κ1) is 32.7. The van der Waals surface area contributed by atoms with E-state index in [1.165, 1.54) is 52.6 Å². The molecule has 0 spiro atoms. The lowest BCUT2D eigenvalue weighted by atomic mass is 9.79. The Morgan fingerprint density at radius 3 is 1.85 bits per heavy atom. The number of hydrogen-bond donors (Lipinski definition) is 0. The highest BCUT2D eigenvalue weighted by Crippen LogP contribution is 2.56. The van der Waals surface area contributed by atoms with E-state index >= 15 is 0 Å². The van der Waals surface area contributed by atoms with Crippen LogP contribution in [0.1, 0.15) is 25.0 Å². The molecule has 258 valence electrons. The fraction of sp³-hybridized carbons (Fsp3) is 0.0625. The maximum Gasteiger partial charge on any atom is 0.164 e. The van der Waals surface area contributed by atoms with E-state index in [1.807, 2.05) is 96.3 Å². The number of benzene rings is 6. The van der Waals surface area contributed by atoms with E-state index in [4.69, 9.17) is 15.0 Å². The summed E-state index contributed by atoms with van der Waals surface area (Å²) >= 11 is 3.71. The number of allylic oxidation sites excluding steroid dienone is 4. The predicted octanol–water partition coefficient (Wildman–Crippen LogP) is 13.0. The van der Waals surface area contributed by atoms with Gasteiger partial charge < -0.3 is 4.57 Å². The normalized spacial score (nSPS) is 14.2. The third-order valence-corrected chi connectivity index (χ3v) is 13.2. The number of fused-ring (bicyclic) bond motifs is 8. The van der Waals surface area contributed by atoms with Crippen molar-refractivity contribution < 1.29 is 0 Å². The summed E-state index contributed by atoms with van der Waals surface area (Å²) in [6.45, 7) is 13.1. The molecule has 3 heterocycles. The number of nitrogens with zero attached hydrogens (tertiary/aromatic N) is 4. The molecule has 0 atom stereocenters. The molecule has 6 heteroatoms. The van der Waals surface area contributed by atoms with Crippen molar-refractivity contribution in [2.24, 2.45) is 0 Å². The summed E-state index contributed by atoms with van der Waals surface area (Å²) < 4.78 is 2.46. The van der Waals surface area contributed by atoms with Crippen LogP contribution in [-0.4, -0.2) is 19.5 Å². The number of hydrogen-bond acceptors (Lipinski definition) is 5. The van der Waals surface area contributed by atoms with Gasteiger partial charge in [0.05, 0.1) is 15.9 Å². The lowest BCUT2D eigenvalue weighted by Gasteiger charge is -2.24. The molecule has 0 amide bonds. The molecule has 0 saturated carbocycles. The van der Waals surface area contributed by atoms with Crippen molar-refractivity contribution >= 4 is 50.9 Å². The molecule has 0 N–H and O–H groups in total. The largest absolute Gasteiger partial charge is 0.308 e. The average Bonchev–Trinajstić information content (AvgIpc) is 3.68. The first-order valence-electron chi connectivity index (χ1n) is 18.0. The Morgan fingerprint density at radius 2 is 1.20 bits per heavy atom. The molecule has 0 saturated heterocycles. The standard InChI is InChI=1S/C48H34N4S2/c1-5-33-34-24-26-37-41(42(34)48(3,4)36(33)6-2)35-25-27-40-44(54-39-23-14-13-22-38(39)53-40)43(35)52(37)32-21-15-20-31(28-32)47-50-45(29-16-9-7-10-17-29)49-46(51-47)30-18-11-8-12-19-30/h5-28H,1-2H2,3-4H3. The van der Waals surface area contributed by atoms with E-state index in [9.17, 15) is 0 Å². The van der Waals surface area contributed by atoms with Gasteiger partial charge in [0.15, 0.2) is 17.5 Å². The third kappa shape index (κ3) is 4.98. The van der Waals surface area contributed by atoms with Gasteiger partial charge in [0, 0.05) is 53.3 Å². The van der Waals surface area contributed by atoms with E-state index in [0.717, 1.165) is 33.5 Å². The number of rotatable bonds is 6. The summed E-state index contributed by atoms with van der Waals surface area (Å²) in [6.07, 6.45) is 4.01. The predicted molar refractivity (Wildman–Crippen MR) is 226 cm³/mol. The van der Waals surface area contributed by atoms with Gasteiger partial charge in [-0.05, 0) is 58.7 Å². The fourth-order valence-corrected chi connectivity index (χ4v) is 10.6. The molecular formula is C48H34N4S2. The fourth-order valence-electron chi connectivity index (χ4n) is 8.24. The first-order chi connectivity index (χ1) is 26.4. The van der Waals surface area contributed by atoms with E-state index in [2.05, 4.69) is 104 Å². The van der Waals surface area contributed by atoms with Crippen molar-refractivity contribution in [3.63, 3.8) is 0 Å². The Bertz CT molecular complexity index is 2830. The Kier molecular flexibility index (Phi) is 7.61. The van der Waals surface area contributed by atoms with Gasteiger partial charge in [-0.25, -0.2) is 15.0 Å². The molecule has 54 heavy (non-hydrogen) atoms. The molecule has 6 aromatic carbocycles. The topological polar surface area (TPSA) is 43.6 Å². The van der Waals surface area contributed by atoms with Gasteiger partial charge >= 0.3 is 0 Å². The van der Waals surface area contributed by atoms with Gasteiger partial charge in [0.1, 0.15) is 0 Å². The van der Waals surface area contributed by atoms with Crippen molar-refractivity contribution in [1.29, 1.82) is 0 Å². The summed E-state index contributed by atoms with van der Waals surface area (Å²) in [5.41, 5.74) is 10.9. The summed E-state index contributed by atoms with van der Waals surface area (Å²) in [5.74, 6) is 1.91. The maximum atomic E-state index is 5.08. The van der Waals surface area contributed by atoms with Gasteiger partial charge in [0.2, 0.25) is 0 Å². The van der Waals surface area contributed by atoms with E-state index in [0.29, 0.717) is 17.5 Å². The van der Waals surface area contributed by atoms with Crippen LogP contribution in [0.15, 0.2) is 184 Å². The summed E-state index contributed by atoms with van der Waals surface area (Å²) in [7, 11) is 0. The minimum Gasteiger partial charge on any atom is -0.308 e. The quantitative estimate of drug-likeness (QED) is 0.170. The molecule has 4 nitrogen and oxygen atoms in total. The van der Waals surface area contributed by atoms with Gasteiger partial charge in [-0.3, -0.25) is 0 Å². The van der Waals surface area contributed by atoms with Crippen molar-refractivity contribution in [3.8, 4) is 39.9 Å². The van der Waals surface area contributed by atoms with Crippen LogP contribution in [0.25, 0.3) is 67.2 Å². The van der Waals surface area contributed by atoms with Crippen LogP contribution in [-0.2, 0) is 5.41 Å². The highest BCUT2D eigenvalue weighted by atomic mass is 32.2. The summed E-state index contributed by atoms with van der Waals surface area (Å²) in [6, 6.07) is 46.8. The summed E-state index contributed by atoms with van der Waals surface area (Å²) in [4.78, 5) is 20.2. The monoisotopic (exact) mass is 730 g/mol. The zero-order chi connectivity index (χ0) is 36.6. The van der Waals surface area contributed by atoms with Crippen LogP contribution in [0, 0.1) is 0 Å². The molecule has 2 aliphatic rings. The molecule has 8 aromatic rings. The second-order valence-electron chi connectivity index (χ2n) is 14.1. The zero-order valence-electron chi connectivity index (χ0n) is 29.9. The molecule has 1 aliphatic carbocycles. The highest BCUT2D eigenvalue weighted by Gasteiger charge is 2.38. The first-order valence-corrected chi connectivity index (χ1v) is 19.6. The van der Waals surface area contributed by atoms with Crippen molar-refractivity contribution in [2.75, 3.05) is 0 Å². The molecule has 1 aliphatic heterocycles. The molecular weight excluding hydrogens is 697 g/mol. The lowest BCUT2D eigenvalue weighted by molar-refractivity contribution is 0.661. The molecule has 2 aromatic heterocycles. The SMILES string of the molecule is C=CC1=C(C=C)C(C)(C)c2c1ccc1c2c2ccc3c(c2n1-c1cccc(-c2nc(-c4ccccc4)nc(-c4ccccc4)n2)c1)Sc1ccccc1S3. The van der Waals surface area contributed by atoms with Crippen molar-refractivity contribution in [1.82, 2.24) is 19.5 Å². The van der Waals surface area contributed by atoms with Crippen LogP contribution in [0.5, 0.6) is 0 Å². The Morgan fingerprint density at radius 1 is 0.593 bits per heavy atom. The smallest absolute Gasteiger partial charge is 0.164 e. The molecule has 0 bridgehead atoms. The van der Waals surface area contributed by atoms with Crippen LogP contribution >= 0.6 is 23.5 Å². The van der Waals surface area contributed by atoms with Gasteiger partial charge in [0.25, 0.3) is 0 Å². The van der Waals surface area contributed by atoms with Crippen LogP contribution in [0.3, 0.4) is 0 Å². The minimum absolute atomic E-state index is 0.266. The third-order valence-electron chi connectivity index (χ3n) is 10.6. The Balaban J connectivity index is 1.25. The van der Waals surface area contributed by atoms with Gasteiger partial charge in [-0.15, -0.1) is 0 Å². The second-order valence-corrected chi connectivity index (χ2v) is 16.2. The minimum atomic E-state index is -0.266. The summed E-state index contributed by atoms with van der Waals surface area (Å²) in [5, 5.41) is 2.50. The Hall–Kier alpha value is -5.95. The van der Waals surface area contributed by atoms with Crippen molar-refractivity contribution in [2.45, 2.75) is 38.8 Å².